The summed E-state index contributed by atoms with van der Waals surface area (Å²) in [4.78, 5) is 17.0. The predicted molar refractivity (Wildman–Crippen MR) is 128 cm³/mol. The van der Waals surface area contributed by atoms with Gasteiger partial charge < -0.3 is 5.32 Å². The van der Waals surface area contributed by atoms with E-state index in [-0.39, 0.29) is 29.8 Å². The van der Waals surface area contributed by atoms with E-state index in [1.807, 2.05) is 12.3 Å². The molecule has 0 saturated carbocycles. The Morgan fingerprint density at radius 3 is 2.45 bits per heavy atom. The van der Waals surface area contributed by atoms with Crippen LogP contribution in [0.3, 0.4) is 0 Å². The fourth-order valence-corrected chi connectivity index (χ4v) is 6.30. The maximum Gasteiger partial charge on any atom is 0.245 e. The number of aryl methyl sites for hydroxylation is 3. The number of halogens is 1. The second-order valence-corrected chi connectivity index (χ2v) is 11.2. The van der Waals surface area contributed by atoms with Crippen LogP contribution in [0.2, 0.25) is 0 Å². The van der Waals surface area contributed by atoms with Gasteiger partial charge >= 0.3 is 0 Å². The molecule has 2 aromatic carbocycles. The number of benzene rings is 2. The molecule has 1 aliphatic rings. The molecule has 1 saturated heterocycles. The molecule has 33 heavy (non-hydrogen) atoms. The Hall–Kier alpha value is -2.62. The summed E-state index contributed by atoms with van der Waals surface area (Å²) in [5.41, 5.74) is 5.41. The standard InChI is InChI=1S/C24H26FN3O3S2/c1-15-12-17(3)19(13-16(15)2)21-14-32-24(26-21)27-23(29)18-8-10-28(11-9-18)33(30,31)22-7-5-4-6-20(22)25/h4-7,12-14,18H,8-11H2,1-3H3,(H,26,27,29). The fourth-order valence-electron chi connectivity index (χ4n) is 4.05. The average Bonchev–Trinajstić information content (AvgIpc) is 3.24. The molecule has 3 aromatic rings. The Morgan fingerprint density at radius 2 is 1.76 bits per heavy atom. The molecular weight excluding hydrogens is 461 g/mol. The van der Waals surface area contributed by atoms with Crippen molar-refractivity contribution >= 4 is 32.4 Å². The van der Waals surface area contributed by atoms with E-state index in [0.717, 1.165) is 22.9 Å². The third-order valence-electron chi connectivity index (χ3n) is 6.13. The molecule has 6 nitrogen and oxygen atoms in total. The number of nitrogens with zero attached hydrogens (tertiary/aromatic N) is 2. The van der Waals surface area contributed by atoms with Crippen LogP contribution >= 0.6 is 11.3 Å². The lowest BCUT2D eigenvalue weighted by Crippen LogP contribution is -2.41. The van der Waals surface area contributed by atoms with Crippen LogP contribution in [0.25, 0.3) is 11.3 Å². The van der Waals surface area contributed by atoms with E-state index in [4.69, 9.17) is 0 Å². The number of nitrogens with one attached hydrogen (secondary N) is 1. The van der Waals surface area contributed by atoms with Crippen LogP contribution in [-0.2, 0) is 14.8 Å². The molecule has 1 aromatic heterocycles. The molecule has 2 heterocycles. The zero-order chi connectivity index (χ0) is 23.8. The number of hydrogen-bond donors (Lipinski definition) is 1. The van der Waals surface area contributed by atoms with Crippen molar-refractivity contribution in [3.8, 4) is 11.3 Å². The number of hydrogen-bond acceptors (Lipinski definition) is 5. The van der Waals surface area contributed by atoms with Crippen LogP contribution in [0.15, 0.2) is 46.7 Å². The lowest BCUT2D eigenvalue weighted by Gasteiger charge is -2.30. The van der Waals surface area contributed by atoms with Gasteiger partial charge in [-0.1, -0.05) is 18.2 Å². The van der Waals surface area contributed by atoms with Gasteiger partial charge in [-0.3, -0.25) is 4.79 Å². The van der Waals surface area contributed by atoms with Crippen molar-refractivity contribution < 1.29 is 17.6 Å². The summed E-state index contributed by atoms with van der Waals surface area (Å²) in [6.45, 7) is 6.51. The number of sulfonamides is 1. The zero-order valence-corrected chi connectivity index (χ0v) is 20.4. The van der Waals surface area contributed by atoms with E-state index < -0.39 is 15.8 Å². The normalized spacial score (nSPS) is 15.5. The molecule has 0 bridgehead atoms. The minimum Gasteiger partial charge on any atom is -0.302 e. The molecular formula is C24H26FN3O3S2. The van der Waals surface area contributed by atoms with Gasteiger partial charge in [-0.05, 0) is 68.5 Å². The molecule has 0 spiro atoms. The highest BCUT2D eigenvalue weighted by Crippen LogP contribution is 2.31. The lowest BCUT2D eigenvalue weighted by atomic mass is 9.97. The molecule has 174 valence electrons. The van der Waals surface area contributed by atoms with Gasteiger partial charge in [0.25, 0.3) is 0 Å². The molecule has 9 heteroatoms. The molecule has 1 N–H and O–H groups in total. The monoisotopic (exact) mass is 487 g/mol. The van der Waals surface area contributed by atoms with Crippen LogP contribution in [0.4, 0.5) is 9.52 Å². The first kappa shape index (κ1) is 23.5. The Morgan fingerprint density at radius 1 is 1.09 bits per heavy atom. The largest absolute Gasteiger partial charge is 0.302 e. The van der Waals surface area contributed by atoms with Crippen LogP contribution in [0, 0.1) is 32.5 Å². The third-order valence-corrected chi connectivity index (χ3v) is 8.82. The molecule has 0 aliphatic carbocycles. The van der Waals surface area contributed by atoms with Crippen molar-refractivity contribution in [3.63, 3.8) is 0 Å². The van der Waals surface area contributed by atoms with Gasteiger partial charge in [0, 0.05) is 30.0 Å². The minimum absolute atomic E-state index is 0.166. The molecule has 0 atom stereocenters. The Kier molecular flexibility index (Phi) is 6.65. The lowest BCUT2D eigenvalue weighted by molar-refractivity contribution is -0.120. The van der Waals surface area contributed by atoms with Crippen molar-refractivity contribution in [1.82, 2.24) is 9.29 Å². The van der Waals surface area contributed by atoms with E-state index in [0.29, 0.717) is 18.0 Å². The predicted octanol–water partition coefficient (Wildman–Crippen LogP) is 4.91. The van der Waals surface area contributed by atoms with Crippen molar-refractivity contribution in [2.24, 2.45) is 5.92 Å². The van der Waals surface area contributed by atoms with Crippen LogP contribution < -0.4 is 5.32 Å². The van der Waals surface area contributed by atoms with Crippen LogP contribution in [-0.4, -0.2) is 36.7 Å². The maximum atomic E-state index is 14.0. The Bertz CT molecular complexity index is 1300. The molecule has 1 amide bonds. The summed E-state index contributed by atoms with van der Waals surface area (Å²) in [6, 6.07) is 9.59. The van der Waals surface area contributed by atoms with E-state index in [1.165, 1.54) is 45.0 Å². The van der Waals surface area contributed by atoms with Gasteiger partial charge in [-0.25, -0.2) is 17.8 Å². The van der Waals surface area contributed by atoms with Crippen molar-refractivity contribution in [2.45, 2.75) is 38.5 Å². The summed E-state index contributed by atoms with van der Waals surface area (Å²) in [6.07, 6.45) is 0.738. The van der Waals surface area contributed by atoms with Crippen LogP contribution in [0.1, 0.15) is 29.5 Å². The number of aromatic nitrogens is 1. The number of anilines is 1. The molecule has 1 fully saturated rings. The highest BCUT2D eigenvalue weighted by atomic mass is 32.2. The topological polar surface area (TPSA) is 79.4 Å². The second kappa shape index (κ2) is 9.32. The van der Waals surface area contributed by atoms with Gasteiger partial charge in [-0.2, -0.15) is 4.31 Å². The average molecular weight is 488 g/mol. The summed E-state index contributed by atoms with van der Waals surface area (Å²) in [5, 5.41) is 5.33. The van der Waals surface area contributed by atoms with E-state index in [9.17, 15) is 17.6 Å². The van der Waals surface area contributed by atoms with Gasteiger partial charge in [0.1, 0.15) is 10.7 Å². The summed E-state index contributed by atoms with van der Waals surface area (Å²) in [7, 11) is -3.92. The third kappa shape index (κ3) is 4.85. The summed E-state index contributed by atoms with van der Waals surface area (Å²) < 4.78 is 40.8. The summed E-state index contributed by atoms with van der Waals surface area (Å²) >= 11 is 1.37. The van der Waals surface area contributed by atoms with Crippen molar-refractivity contribution in [3.05, 3.63) is 64.3 Å². The Labute approximate surface area is 197 Å². The quantitative estimate of drug-likeness (QED) is 0.554. The maximum absolute atomic E-state index is 14.0. The van der Waals surface area contributed by atoms with Crippen molar-refractivity contribution in [1.29, 1.82) is 0 Å². The first-order valence-corrected chi connectivity index (χ1v) is 13.1. The molecule has 4 rings (SSSR count). The van der Waals surface area contributed by atoms with Gasteiger partial charge in [0.2, 0.25) is 15.9 Å². The number of piperidine rings is 1. The minimum atomic E-state index is -3.92. The molecule has 0 unspecified atom stereocenters. The van der Waals surface area contributed by atoms with Gasteiger partial charge in [0.05, 0.1) is 5.69 Å². The first-order valence-electron chi connectivity index (χ1n) is 10.8. The van der Waals surface area contributed by atoms with Crippen molar-refractivity contribution in [2.75, 3.05) is 18.4 Å². The van der Waals surface area contributed by atoms with E-state index >= 15 is 0 Å². The zero-order valence-electron chi connectivity index (χ0n) is 18.8. The number of thiazole rings is 1. The number of amides is 1. The highest BCUT2D eigenvalue weighted by molar-refractivity contribution is 7.89. The number of rotatable bonds is 5. The first-order chi connectivity index (χ1) is 15.7. The molecule has 0 radical (unpaired) electrons. The summed E-state index contributed by atoms with van der Waals surface area (Å²) in [5.74, 6) is -1.26. The second-order valence-electron chi connectivity index (χ2n) is 8.39. The van der Waals surface area contributed by atoms with Crippen LogP contribution in [0.5, 0.6) is 0 Å². The van der Waals surface area contributed by atoms with Gasteiger partial charge in [-0.15, -0.1) is 11.3 Å². The number of carbonyl (C=O) groups excluding carboxylic acids is 1. The Balaban J connectivity index is 1.40. The van der Waals surface area contributed by atoms with E-state index in [2.05, 4.69) is 36.3 Å². The number of carbonyl (C=O) groups is 1. The SMILES string of the molecule is Cc1cc(C)c(-c2csc(NC(=O)C3CCN(S(=O)(=O)c4ccccc4F)CC3)n2)cc1C. The highest BCUT2D eigenvalue weighted by Gasteiger charge is 2.33. The van der Waals surface area contributed by atoms with Gasteiger partial charge in [0.15, 0.2) is 5.13 Å². The molecule has 1 aliphatic heterocycles. The smallest absolute Gasteiger partial charge is 0.245 e. The van der Waals surface area contributed by atoms with E-state index in [1.54, 1.807) is 0 Å². The fraction of sp³-hybridized carbons (Fsp3) is 0.333.